The lowest BCUT2D eigenvalue weighted by Gasteiger charge is -2.24. The maximum Gasteiger partial charge on any atom is 0.231 e. The highest BCUT2D eigenvalue weighted by Gasteiger charge is 2.17. The Bertz CT molecular complexity index is 735. The summed E-state index contributed by atoms with van der Waals surface area (Å²) in [7, 11) is 0. The zero-order valence-electron chi connectivity index (χ0n) is 12.3. The van der Waals surface area contributed by atoms with Crippen molar-refractivity contribution >= 4 is 51.9 Å². The van der Waals surface area contributed by atoms with Gasteiger partial charge in [0.15, 0.2) is 16.6 Å². The zero-order valence-corrected chi connectivity index (χ0v) is 14.6. The number of hydrogen-bond donors (Lipinski definition) is 1. The molecular formula is C16H14Cl2N2O2S. The third-order valence-electron chi connectivity index (χ3n) is 3.34. The van der Waals surface area contributed by atoms with Gasteiger partial charge in [0.05, 0.1) is 0 Å². The van der Waals surface area contributed by atoms with Crippen LogP contribution < -0.4 is 19.7 Å². The van der Waals surface area contributed by atoms with Gasteiger partial charge in [-0.2, -0.15) is 0 Å². The van der Waals surface area contributed by atoms with Crippen LogP contribution >= 0.6 is 35.4 Å². The van der Waals surface area contributed by atoms with Gasteiger partial charge in [-0.25, -0.2) is 0 Å². The van der Waals surface area contributed by atoms with E-state index in [9.17, 15) is 0 Å². The Balaban J connectivity index is 1.81. The number of halogens is 2. The van der Waals surface area contributed by atoms with Gasteiger partial charge in [0.1, 0.15) is 0 Å². The van der Waals surface area contributed by atoms with Crippen molar-refractivity contribution in [1.82, 2.24) is 0 Å². The summed E-state index contributed by atoms with van der Waals surface area (Å²) in [5, 5.41) is 4.80. The van der Waals surface area contributed by atoms with Gasteiger partial charge in [-0.1, -0.05) is 23.2 Å². The Hall–Kier alpha value is -1.69. The van der Waals surface area contributed by atoms with E-state index in [1.54, 1.807) is 18.2 Å². The topological polar surface area (TPSA) is 33.7 Å². The molecule has 0 saturated carbocycles. The SMILES string of the molecule is CCN(C(=S)Nc1cc(Cl)cc(Cl)c1)c1ccc2c(c1)OCO2. The molecule has 2 aromatic rings. The van der Waals surface area contributed by atoms with E-state index in [0.29, 0.717) is 21.7 Å². The standard InChI is InChI=1S/C16H14Cl2N2O2S/c1-2-20(13-3-4-14-15(8-13)22-9-21-14)16(23)19-12-6-10(17)5-11(18)7-12/h3-8H,2,9H2,1H3,(H,19,23). The molecule has 3 rings (SSSR count). The van der Waals surface area contributed by atoms with Gasteiger partial charge >= 0.3 is 0 Å². The molecule has 0 saturated heterocycles. The first-order chi connectivity index (χ1) is 11.1. The van der Waals surface area contributed by atoms with Gasteiger partial charge in [0.25, 0.3) is 0 Å². The fourth-order valence-electron chi connectivity index (χ4n) is 2.31. The predicted octanol–water partition coefficient (Wildman–Crippen LogP) is 4.95. The summed E-state index contributed by atoms with van der Waals surface area (Å²) in [6, 6.07) is 10.9. The summed E-state index contributed by atoms with van der Waals surface area (Å²) in [6.07, 6.45) is 0. The Kier molecular flexibility index (Phi) is 4.80. The Morgan fingerprint density at radius 1 is 1.13 bits per heavy atom. The fourth-order valence-corrected chi connectivity index (χ4v) is 3.19. The molecule has 0 radical (unpaired) electrons. The number of anilines is 2. The molecule has 0 atom stereocenters. The molecule has 0 spiro atoms. The molecule has 0 bridgehead atoms. The van der Waals surface area contributed by atoms with Crippen molar-refractivity contribution in [3.05, 3.63) is 46.4 Å². The lowest BCUT2D eigenvalue weighted by atomic mass is 10.2. The molecule has 1 aliphatic heterocycles. The van der Waals surface area contributed by atoms with Gasteiger partial charge in [-0.15, -0.1) is 0 Å². The number of nitrogens with zero attached hydrogens (tertiary/aromatic N) is 1. The number of thiocarbonyl (C=S) groups is 1. The Morgan fingerprint density at radius 3 is 2.52 bits per heavy atom. The zero-order chi connectivity index (χ0) is 16.4. The summed E-state index contributed by atoms with van der Waals surface area (Å²) < 4.78 is 10.7. The van der Waals surface area contributed by atoms with E-state index >= 15 is 0 Å². The van der Waals surface area contributed by atoms with Crippen LogP contribution in [0.2, 0.25) is 10.0 Å². The van der Waals surface area contributed by atoms with Crippen molar-refractivity contribution in [1.29, 1.82) is 0 Å². The highest BCUT2D eigenvalue weighted by molar-refractivity contribution is 7.80. The Morgan fingerprint density at radius 2 is 1.83 bits per heavy atom. The normalized spacial score (nSPS) is 12.1. The predicted molar refractivity (Wildman–Crippen MR) is 98.3 cm³/mol. The van der Waals surface area contributed by atoms with Crippen LogP contribution in [0.25, 0.3) is 0 Å². The third kappa shape index (κ3) is 3.63. The van der Waals surface area contributed by atoms with E-state index in [4.69, 9.17) is 44.9 Å². The average molecular weight is 369 g/mol. The van der Waals surface area contributed by atoms with Crippen LogP contribution in [0.3, 0.4) is 0 Å². The van der Waals surface area contributed by atoms with Crippen molar-refractivity contribution in [3.63, 3.8) is 0 Å². The number of hydrogen-bond acceptors (Lipinski definition) is 3. The molecule has 1 N–H and O–H groups in total. The maximum absolute atomic E-state index is 6.02. The van der Waals surface area contributed by atoms with E-state index in [1.807, 2.05) is 30.0 Å². The third-order valence-corrected chi connectivity index (χ3v) is 4.10. The smallest absolute Gasteiger partial charge is 0.231 e. The first kappa shape index (κ1) is 16.2. The Labute approximate surface area is 149 Å². The molecule has 0 amide bonds. The summed E-state index contributed by atoms with van der Waals surface area (Å²) >= 11 is 17.5. The van der Waals surface area contributed by atoms with Crippen molar-refractivity contribution in [2.45, 2.75) is 6.92 Å². The van der Waals surface area contributed by atoms with Crippen LogP contribution in [0.1, 0.15) is 6.92 Å². The van der Waals surface area contributed by atoms with Crippen molar-refractivity contribution < 1.29 is 9.47 Å². The summed E-state index contributed by atoms with van der Waals surface area (Å²) in [4.78, 5) is 1.95. The van der Waals surface area contributed by atoms with Crippen LogP contribution in [-0.4, -0.2) is 18.5 Å². The van der Waals surface area contributed by atoms with Crippen LogP contribution in [0, 0.1) is 0 Å². The van der Waals surface area contributed by atoms with Crippen LogP contribution in [0.5, 0.6) is 11.5 Å². The molecule has 1 aliphatic rings. The minimum absolute atomic E-state index is 0.245. The van der Waals surface area contributed by atoms with Gasteiger partial charge < -0.3 is 19.7 Å². The highest BCUT2D eigenvalue weighted by atomic mass is 35.5. The van der Waals surface area contributed by atoms with Gasteiger partial charge in [-0.3, -0.25) is 0 Å². The molecule has 0 fully saturated rings. The number of rotatable bonds is 3. The van der Waals surface area contributed by atoms with Crippen LogP contribution in [0.15, 0.2) is 36.4 Å². The minimum Gasteiger partial charge on any atom is -0.454 e. The first-order valence-electron chi connectivity index (χ1n) is 7.01. The first-order valence-corrected chi connectivity index (χ1v) is 8.17. The maximum atomic E-state index is 6.02. The molecule has 120 valence electrons. The van der Waals surface area contributed by atoms with E-state index in [-0.39, 0.29) is 6.79 Å². The van der Waals surface area contributed by atoms with Crippen molar-refractivity contribution in [2.75, 3.05) is 23.6 Å². The summed E-state index contributed by atoms with van der Waals surface area (Å²) in [5.74, 6) is 1.46. The number of benzene rings is 2. The molecule has 2 aromatic carbocycles. The molecular weight excluding hydrogens is 355 g/mol. The second kappa shape index (κ2) is 6.83. The van der Waals surface area contributed by atoms with Crippen LogP contribution in [-0.2, 0) is 0 Å². The monoisotopic (exact) mass is 368 g/mol. The number of nitrogens with one attached hydrogen (secondary N) is 1. The lowest BCUT2D eigenvalue weighted by Crippen LogP contribution is -2.34. The van der Waals surface area contributed by atoms with Gasteiger partial charge in [-0.05, 0) is 49.5 Å². The molecule has 4 nitrogen and oxygen atoms in total. The molecule has 0 aliphatic carbocycles. The van der Waals surface area contributed by atoms with Crippen LogP contribution in [0.4, 0.5) is 11.4 Å². The van der Waals surface area contributed by atoms with Gasteiger partial charge in [0, 0.05) is 34.0 Å². The molecule has 1 heterocycles. The second-order valence-corrected chi connectivity index (χ2v) is 6.13. The molecule has 0 unspecified atom stereocenters. The largest absolute Gasteiger partial charge is 0.454 e. The average Bonchev–Trinajstić information content (AvgIpc) is 2.94. The van der Waals surface area contributed by atoms with E-state index in [2.05, 4.69) is 5.32 Å². The lowest BCUT2D eigenvalue weighted by molar-refractivity contribution is 0.174. The highest BCUT2D eigenvalue weighted by Crippen LogP contribution is 2.35. The molecule has 7 heteroatoms. The van der Waals surface area contributed by atoms with E-state index in [1.165, 1.54) is 0 Å². The fraction of sp³-hybridized carbons (Fsp3) is 0.188. The second-order valence-electron chi connectivity index (χ2n) is 4.87. The summed E-state index contributed by atoms with van der Waals surface area (Å²) in [6.45, 7) is 2.96. The number of fused-ring (bicyclic) bond motifs is 1. The quantitative estimate of drug-likeness (QED) is 0.775. The van der Waals surface area contributed by atoms with Crippen molar-refractivity contribution in [3.8, 4) is 11.5 Å². The summed E-state index contributed by atoms with van der Waals surface area (Å²) in [5.41, 5.74) is 1.66. The number of ether oxygens (including phenoxy) is 2. The molecule has 23 heavy (non-hydrogen) atoms. The molecule has 0 aromatic heterocycles. The van der Waals surface area contributed by atoms with Crippen molar-refractivity contribution in [2.24, 2.45) is 0 Å². The van der Waals surface area contributed by atoms with E-state index in [0.717, 1.165) is 22.9 Å². The van der Waals surface area contributed by atoms with E-state index < -0.39 is 0 Å². The minimum atomic E-state index is 0.245. The van der Waals surface area contributed by atoms with Gasteiger partial charge in [0.2, 0.25) is 6.79 Å².